The number of ketones is 1. The summed E-state index contributed by atoms with van der Waals surface area (Å²) in [7, 11) is 0. The molecule has 6 heterocycles. The lowest BCUT2D eigenvalue weighted by Gasteiger charge is -2.51. The number of H-pyrrole nitrogens is 2. The molecule has 4 aliphatic heterocycles. The topological polar surface area (TPSA) is 149 Å². The number of alkyl halides is 6. The molecule has 4 saturated heterocycles. The van der Waals surface area contributed by atoms with E-state index in [0.29, 0.717) is 56.1 Å². The number of hydrogen-bond donors (Lipinski definition) is 3. The van der Waals surface area contributed by atoms with E-state index in [-0.39, 0.29) is 34.9 Å². The summed E-state index contributed by atoms with van der Waals surface area (Å²) in [6.07, 6.45) is 1.44. The molecule has 8 rings (SSSR count). The number of piperidine rings is 2. The molecule has 2 aliphatic carbocycles. The fourth-order valence-corrected chi connectivity index (χ4v) is 9.23. The number of aromatic nitrogens is 4. The third-order valence-electron chi connectivity index (χ3n) is 12.4. The predicted octanol–water partition coefficient (Wildman–Crippen LogP) is 6.71. The van der Waals surface area contributed by atoms with Crippen LogP contribution in [0.2, 0.25) is 0 Å². The van der Waals surface area contributed by atoms with Crippen molar-refractivity contribution in [2.75, 3.05) is 65.6 Å². The van der Waals surface area contributed by atoms with Crippen molar-refractivity contribution in [3.05, 3.63) is 35.4 Å². The van der Waals surface area contributed by atoms with E-state index in [1.165, 1.54) is 0 Å². The molecule has 0 bridgehead atoms. The van der Waals surface area contributed by atoms with Crippen LogP contribution >= 0.6 is 0 Å². The largest absolute Gasteiger partial charge is 0.450 e. The van der Waals surface area contributed by atoms with Crippen molar-refractivity contribution in [2.24, 2.45) is 10.8 Å². The van der Waals surface area contributed by atoms with Crippen LogP contribution in [0.4, 0.5) is 35.9 Å². The number of halogens is 6. The summed E-state index contributed by atoms with van der Waals surface area (Å²) in [5.41, 5.74) is -1.17. The van der Waals surface area contributed by atoms with Gasteiger partial charge in [0.15, 0.2) is 0 Å². The van der Waals surface area contributed by atoms with Crippen molar-refractivity contribution in [1.82, 2.24) is 40.0 Å². The molecule has 6 aliphatic rings. The Bertz CT molecular complexity index is 1670. The molecular formula is C38H54F6N8O5. The summed E-state index contributed by atoms with van der Waals surface area (Å²) in [6.45, 7) is 10.9. The van der Waals surface area contributed by atoms with Gasteiger partial charge in [-0.2, -0.15) is 26.3 Å². The molecule has 2 aromatic heterocycles. The van der Waals surface area contributed by atoms with Gasteiger partial charge < -0.3 is 39.5 Å². The number of imidazole rings is 2. The van der Waals surface area contributed by atoms with Gasteiger partial charge in [-0.3, -0.25) is 4.79 Å². The van der Waals surface area contributed by atoms with E-state index in [1.54, 1.807) is 11.8 Å². The highest BCUT2D eigenvalue weighted by molar-refractivity contribution is 5.86. The van der Waals surface area contributed by atoms with Crippen molar-refractivity contribution < 1.29 is 50.2 Å². The summed E-state index contributed by atoms with van der Waals surface area (Å²) in [5, 5.41) is 3.16. The summed E-state index contributed by atoms with van der Waals surface area (Å²) in [4.78, 5) is 52.8. The Morgan fingerprint density at radius 2 is 1.19 bits per heavy atom. The van der Waals surface area contributed by atoms with Gasteiger partial charge in [-0.15, -0.1) is 0 Å². The van der Waals surface area contributed by atoms with Crippen molar-refractivity contribution in [3.63, 3.8) is 0 Å². The zero-order chi connectivity index (χ0) is 41.0. The Kier molecular flexibility index (Phi) is 13.2. The number of aromatic amines is 2. The first kappa shape index (κ1) is 42.7. The standard InChI is InChI=1S/C19H27F3N4O2.C10H15NO3.C9H12F3N3/c1-2-28-17(27)26-8-5-18(12-26)9-14(10-18)25-6-3-13(4-7-25)16-23-11-15(24-16)19(20,21)22;1-2-14-9(13)11-4-3-10(7-11)5-8(12)6-10;10-9(11,12)7-5-14-8(15-7)6-1-3-13-4-2-6/h11,13-14H,2-10,12H2,1H3,(H,23,24);2-7H2,1H3;5-6,13H,1-4H2,(H,14,15). The van der Waals surface area contributed by atoms with E-state index in [2.05, 4.69) is 30.2 Å². The van der Waals surface area contributed by atoms with E-state index in [1.807, 2.05) is 11.8 Å². The Morgan fingerprint density at radius 3 is 1.63 bits per heavy atom. The van der Waals surface area contributed by atoms with E-state index < -0.39 is 23.7 Å². The normalized spacial score (nSPS) is 25.3. The van der Waals surface area contributed by atoms with Crippen LogP contribution in [0.25, 0.3) is 0 Å². The van der Waals surface area contributed by atoms with E-state index in [0.717, 1.165) is 110 Å². The van der Waals surface area contributed by atoms with Crippen molar-refractivity contribution >= 4 is 18.0 Å². The molecular weight excluding hydrogens is 762 g/mol. The van der Waals surface area contributed by atoms with Crippen molar-refractivity contribution in [1.29, 1.82) is 0 Å². The predicted molar refractivity (Wildman–Crippen MR) is 194 cm³/mol. The number of likely N-dealkylation sites (tertiary alicyclic amines) is 3. The van der Waals surface area contributed by atoms with Crippen LogP contribution in [0.15, 0.2) is 12.4 Å². The molecule has 13 nitrogen and oxygen atoms in total. The van der Waals surface area contributed by atoms with Gasteiger partial charge in [0.1, 0.15) is 28.8 Å². The summed E-state index contributed by atoms with van der Waals surface area (Å²) < 4.78 is 85.1. The van der Waals surface area contributed by atoms with Crippen LogP contribution in [0.1, 0.15) is 113 Å². The molecule has 57 heavy (non-hydrogen) atoms. The number of carbonyl (C=O) groups is 3. The molecule has 0 unspecified atom stereocenters. The number of carbonyl (C=O) groups excluding carboxylic acids is 3. The van der Waals surface area contributed by atoms with Gasteiger partial charge in [-0.05, 0) is 96.8 Å². The van der Waals surface area contributed by atoms with Gasteiger partial charge in [-0.25, -0.2) is 19.6 Å². The summed E-state index contributed by atoms with van der Waals surface area (Å²) in [6, 6.07) is 0.519. The summed E-state index contributed by atoms with van der Waals surface area (Å²) in [5.74, 6) is 1.44. The number of nitrogens with one attached hydrogen (secondary N) is 3. The lowest BCUT2D eigenvalue weighted by molar-refractivity contribution is -0.141. The lowest BCUT2D eigenvalue weighted by atomic mass is 9.64. The molecule has 0 aromatic carbocycles. The first-order valence-electron chi connectivity index (χ1n) is 20.1. The maximum absolute atomic E-state index is 12.7. The smallest absolute Gasteiger partial charge is 0.432 e. The Balaban J connectivity index is 0.000000159. The molecule has 2 aromatic rings. The number of rotatable bonds is 5. The van der Waals surface area contributed by atoms with Gasteiger partial charge >= 0.3 is 24.5 Å². The first-order chi connectivity index (χ1) is 27.0. The highest BCUT2D eigenvalue weighted by Gasteiger charge is 2.52. The number of amides is 2. The van der Waals surface area contributed by atoms with Gasteiger partial charge in [0.2, 0.25) is 0 Å². The second-order valence-electron chi connectivity index (χ2n) is 16.4. The first-order valence-corrected chi connectivity index (χ1v) is 20.1. The number of ether oxygens (including phenoxy) is 2. The second-order valence-corrected chi connectivity index (χ2v) is 16.4. The van der Waals surface area contributed by atoms with Crippen LogP contribution in [-0.2, 0) is 26.6 Å². The zero-order valence-corrected chi connectivity index (χ0v) is 32.6. The highest BCUT2D eigenvalue weighted by Crippen LogP contribution is 2.51. The van der Waals surface area contributed by atoms with Crippen LogP contribution in [0, 0.1) is 10.8 Å². The quantitative estimate of drug-likeness (QED) is 0.280. The third kappa shape index (κ3) is 10.4. The van der Waals surface area contributed by atoms with Gasteiger partial charge in [0, 0.05) is 62.3 Å². The van der Waals surface area contributed by atoms with Crippen LogP contribution in [0.5, 0.6) is 0 Å². The Morgan fingerprint density at radius 1 is 0.737 bits per heavy atom. The molecule has 0 atom stereocenters. The van der Waals surface area contributed by atoms with Crippen molar-refractivity contribution in [2.45, 2.75) is 108 Å². The fraction of sp³-hybridized carbons (Fsp3) is 0.763. The van der Waals surface area contributed by atoms with Gasteiger partial charge in [0.25, 0.3) is 0 Å². The zero-order valence-electron chi connectivity index (χ0n) is 32.6. The third-order valence-corrected chi connectivity index (χ3v) is 12.4. The maximum atomic E-state index is 12.7. The van der Waals surface area contributed by atoms with Crippen LogP contribution in [-0.4, -0.2) is 124 Å². The van der Waals surface area contributed by atoms with Crippen LogP contribution in [0.3, 0.4) is 0 Å². The number of nitrogens with zero attached hydrogens (tertiary/aromatic N) is 5. The van der Waals surface area contributed by atoms with Gasteiger partial charge in [-0.1, -0.05) is 0 Å². The molecule has 6 fully saturated rings. The number of Topliss-reactive ketones (excluding diaryl/α,β-unsaturated/α-hetero) is 1. The Hall–Kier alpha value is -3.87. The van der Waals surface area contributed by atoms with Gasteiger partial charge in [0.05, 0.1) is 25.6 Å². The lowest BCUT2D eigenvalue weighted by Crippen LogP contribution is -2.54. The highest BCUT2D eigenvalue weighted by atomic mass is 19.4. The maximum Gasteiger partial charge on any atom is 0.432 e. The minimum atomic E-state index is -4.37. The average molecular weight is 817 g/mol. The average Bonchev–Trinajstić information content (AvgIpc) is 3.98. The molecule has 318 valence electrons. The molecule has 19 heteroatoms. The van der Waals surface area contributed by atoms with Crippen molar-refractivity contribution in [3.8, 4) is 0 Å². The molecule has 3 N–H and O–H groups in total. The molecule has 2 amide bonds. The summed E-state index contributed by atoms with van der Waals surface area (Å²) >= 11 is 0. The minimum Gasteiger partial charge on any atom is -0.450 e. The minimum absolute atomic E-state index is 0.0622. The van der Waals surface area contributed by atoms with E-state index >= 15 is 0 Å². The van der Waals surface area contributed by atoms with E-state index in [4.69, 9.17) is 9.47 Å². The monoisotopic (exact) mass is 816 g/mol. The van der Waals surface area contributed by atoms with Crippen LogP contribution < -0.4 is 5.32 Å². The molecule has 0 radical (unpaired) electrons. The second kappa shape index (κ2) is 17.5. The molecule has 2 saturated carbocycles. The fourth-order valence-electron chi connectivity index (χ4n) is 9.23. The van der Waals surface area contributed by atoms with E-state index in [9.17, 15) is 40.7 Å². The Labute approximate surface area is 328 Å². The number of hydrogen-bond acceptors (Lipinski definition) is 9. The molecule has 2 spiro atoms. The SMILES string of the molecule is CCOC(=O)N1CCC2(CC(=O)C2)C1.CCOC(=O)N1CCC2(CC(N3CCC(c4ncc(C(F)(F)F)[nH]4)CC3)C2)C1.FC(F)(F)c1cnc(C2CCNCC2)[nH]1.